The molecule has 0 aliphatic rings. The summed E-state index contributed by atoms with van der Waals surface area (Å²) >= 11 is 0. The molecule has 0 aliphatic heterocycles. The molecule has 0 amide bonds. The molecule has 0 saturated carbocycles. The zero-order valence-corrected chi connectivity index (χ0v) is 20.1. The van der Waals surface area contributed by atoms with Crippen molar-refractivity contribution in [2.24, 2.45) is 11.8 Å². The Morgan fingerprint density at radius 2 is 1.24 bits per heavy atom. The van der Waals surface area contributed by atoms with Crippen molar-refractivity contribution in [3.05, 3.63) is 120 Å². The molecule has 1 N–H and O–H groups in total. The van der Waals surface area contributed by atoms with Gasteiger partial charge < -0.3 is 9.84 Å². The average molecular weight is 443 g/mol. The van der Waals surface area contributed by atoms with E-state index < -0.39 is 11.7 Å². The molecule has 0 radical (unpaired) electrons. The van der Waals surface area contributed by atoms with Gasteiger partial charge >= 0.3 is 0 Å². The smallest absolute Gasteiger partial charge is 0.143 e. The largest absolute Gasteiger partial charge is 0.393 e. The van der Waals surface area contributed by atoms with E-state index in [0.29, 0.717) is 12.5 Å². The van der Waals surface area contributed by atoms with E-state index in [1.165, 1.54) is 0 Å². The lowest BCUT2D eigenvalue weighted by molar-refractivity contribution is -0.0391. The molecule has 3 aromatic rings. The normalized spacial score (nSPS) is 13.6. The Balaban J connectivity index is 1.98. The standard InChI is InChI=1S/C31H38O2/c1-4-15-26(30(32)23-14-16-25(2)3)24-33-31(27-17-8-5-9-18-27,28-19-10-6-11-20-28)29-21-12-7-13-22-29/h4-13,17-22,25-26,30,32H,1,14-16,23-24H2,2-3H3/t26-,30-/m1/s1. The number of aliphatic hydroxyl groups is 1. The SMILES string of the molecule is C=CC[C@H](COC(c1ccccc1)(c1ccccc1)c1ccccc1)[C@H](O)CCCC(C)C. The van der Waals surface area contributed by atoms with E-state index in [1.807, 2.05) is 24.3 Å². The summed E-state index contributed by atoms with van der Waals surface area (Å²) in [7, 11) is 0. The fourth-order valence-electron chi connectivity index (χ4n) is 4.52. The summed E-state index contributed by atoms with van der Waals surface area (Å²) in [5.41, 5.74) is 2.47. The summed E-state index contributed by atoms with van der Waals surface area (Å²) in [4.78, 5) is 0. The van der Waals surface area contributed by atoms with Gasteiger partial charge in [0.2, 0.25) is 0 Å². The third-order valence-electron chi connectivity index (χ3n) is 6.35. The van der Waals surface area contributed by atoms with Gasteiger partial charge in [-0.2, -0.15) is 0 Å². The minimum Gasteiger partial charge on any atom is -0.393 e. The van der Waals surface area contributed by atoms with Crippen LogP contribution in [0.15, 0.2) is 104 Å². The third kappa shape index (κ3) is 6.43. The van der Waals surface area contributed by atoms with Crippen LogP contribution in [0.1, 0.15) is 56.2 Å². The molecule has 2 heteroatoms. The lowest BCUT2D eigenvalue weighted by atomic mass is 9.80. The summed E-state index contributed by atoms with van der Waals surface area (Å²) in [5, 5.41) is 11.0. The molecule has 0 aromatic heterocycles. The van der Waals surface area contributed by atoms with Crippen molar-refractivity contribution in [3.8, 4) is 0 Å². The van der Waals surface area contributed by atoms with Crippen LogP contribution in [0.2, 0.25) is 0 Å². The van der Waals surface area contributed by atoms with E-state index in [0.717, 1.165) is 42.4 Å². The molecule has 3 aromatic carbocycles. The number of rotatable bonds is 13. The van der Waals surface area contributed by atoms with E-state index in [-0.39, 0.29) is 5.92 Å². The van der Waals surface area contributed by atoms with Crippen molar-refractivity contribution in [3.63, 3.8) is 0 Å². The predicted molar refractivity (Wildman–Crippen MR) is 138 cm³/mol. The van der Waals surface area contributed by atoms with Gasteiger partial charge in [-0.3, -0.25) is 0 Å². The fraction of sp³-hybridized carbons (Fsp3) is 0.355. The maximum absolute atomic E-state index is 11.0. The van der Waals surface area contributed by atoms with Crippen molar-refractivity contribution in [1.82, 2.24) is 0 Å². The van der Waals surface area contributed by atoms with Gasteiger partial charge in [0.15, 0.2) is 0 Å². The van der Waals surface area contributed by atoms with Crippen molar-refractivity contribution in [2.75, 3.05) is 6.61 Å². The van der Waals surface area contributed by atoms with E-state index in [2.05, 4.69) is 93.2 Å². The molecular formula is C31H38O2. The molecule has 2 atom stereocenters. The number of benzene rings is 3. The number of aliphatic hydroxyl groups excluding tert-OH is 1. The van der Waals surface area contributed by atoms with Gasteiger partial charge in [-0.1, -0.05) is 124 Å². The molecule has 0 saturated heterocycles. The van der Waals surface area contributed by atoms with E-state index in [4.69, 9.17) is 4.74 Å². The van der Waals surface area contributed by atoms with Crippen LogP contribution in [0.4, 0.5) is 0 Å². The number of hydrogen-bond donors (Lipinski definition) is 1. The second-order valence-electron chi connectivity index (χ2n) is 9.27. The highest BCUT2D eigenvalue weighted by Gasteiger charge is 2.38. The molecule has 2 nitrogen and oxygen atoms in total. The maximum Gasteiger partial charge on any atom is 0.143 e. The van der Waals surface area contributed by atoms with Crippen LogP contribution in [-0.4, -0.2) is 17.8 Å². The highest BCUT2D eigenvalue weighted by atomic mass is 16.5. The summed E-state index contributed by atoms with van der Waals surface area (Å²) in [6.45, 7) is 8.84. The van der Waals surface area contributed by atoms with Crippen LogP contribution in [0, 0.1) is 11.8 Å². The highest BCUT2D eigenvalue weighted by Crippen LogP contribution is 2.41. The monoisotopic (exact) mass is 442 g/mol. The highest BCUT2D eigenvalue weighted by molar-refractivity contribution is 5.47. The second-order valence-corrected chi connectivity index (χ2v) is 9.27. The van der Waals surface area contributed by atoms with E-state index >= 15 is 0 Å². The number of ether oxygens (including phenoxy) is 1. The third-order valence-corrected chi connectivity index (χ3v) is 6.35. The molecular weight excluding hydrogens is 404 g/mol. The Hall–Kier alpha value is -2.68. The van der Waals surface area contributed by atoms with Crippen molar-refractivity contribution in [1.29, 1.82) is 0 Å². The Morgan fingerprint density at radius 3 is 1.64 bits per heavy atom. The van der Waals surface area contributed by atoms with Crippen LogP contribution in [0.5, 0.6) is 0 Å². The minimum absolute atomic E-state index is 0.00910. The first-order valence-corrected chi connectivity index (χ1v) is 12.2. The first-order valence-electron chi connectivity index (χ1n) is 12.2. The van der Waals surface area contributed by atoms with Gasteiger partial charge in [-0.05, 0) is 35.4 Å². The Kier molecular flexibility index (Phi) is 9.47. The van der Waals surface area contributed by atoms with Gasteiger partial charge in [0.1, 0.15) is 5.60 Å². The molecule has 0 aliphatic carbocycles. The first-order chi connectivity index (χ1) is 16.1. The zero-order chi connectivity index (χ0) is 23.5. The lowest BCUT2D eigenvalue weighted by Crippen LogP contribution is -2.36. The molecule has 0 spiro atoms. The second kappa shape index (κ2) is 12.5. The Morgan fingerprint density at radius 1 is 0.788 bits per heavy atom. The van der Waals surface area contributed by atoms with Crippen molar-refractivity contribution in [2.45, 2.75) is 51.2 Å². The number of allylic oxidation sites excluding steroid dienone is 1. The summed E-state index contributed by atoms with van der Waals surface area (Å²) in [6.07, 6.45) is 5.14. The Bertz CT molecular complexity index is 838. The molecule has 33 heavy (non-hydrogen) atoms. The van der Waals surface area contributed by atoms with Crippen LogP contribution in [0.3, 0.4) is 0 Å². The zero-order valence-electron chi connectivity index (χ0n) is 20.1. The summed E-state index contributed by atoms with van der Waals surface area (Å²) < 4.78 is 6.94. The van der Waals surface area contributed by atoms with Gasteiger partial charge in [0, 0.05) is 5.92 Å². The van der Waals surface area contributed by atoms with Gasteiger partial charge in [0.05, 0.1) is 12.7 Å². The van der Waals surface area contributed by atoms with Crippen molar-refractivity contribution >= 4 is 0 Å². The minimum atomic E-state index is -0.763. The van der Waals surface area contributed by atoms with Gasteiger partial charge in [-0.25, -0.2) is 0 Å². The molecule has 3 rings (SSSR count). The van der Waals surface area contributed by atoms with E-state index in [9.17, 15) is 5.11 Å². The lowest BCUT2D eigenvalue weighted by Gasteiger charge is -2.37. The summed E-state index contributed by atoms with van der Waals surface area (Å²) in [5.74, 6) is 0.637. The predicted octanol–water partition coefficient (Wildman–Crippen LogP) is 7.37. The molecule has 0 bridgehead atoms. The van der Waals surface area contributed by atoms with Gasteiger partial charge in [-0.15, -0.1) is 6.58 Å². The number of hydrogen-bond acceptors (Lipinski definition) is 2. The maximum atomic E-state index is 11.0. The Labute approximate surface area is 200 Å². The van der Waals surface area contributed by atoms with Crippen LogP contribution in [-0.2, 0) is 10.3 Å². The van der Waals surface area contributed by atoms with Gasteiger partial charge in [0.25, 0.3) is 0 Å². The summed E-state index contributed by atoms with van der Waals surface area (Å²) in [6, 6.07) is 31.2. The van der Waals surface area contributed by atoms with Crippen molar-refractivity contribution < 1.29 is 9.84 Å². The van der Waals surface area contributed by atoms with E-state index in [1.54, 1.807) is 0 Å². The van der Waals surface area contributed by atoms with Crippen LogP contribution >= 0.6 is 0 Å². The molecule has 0 fully saturated rings. The quantitative estimate of drug-likeness (QED) is 0.221. The molecule has 0 heterocycles. The fourth-order valence-corrected chi connectivity index (χ4v) is 4.52. The van der Waals surface area contributed by atoms with Crippen LogP contribution in [0.25, 0.3) is 0 Å². The average Bonchev–Trinajstić information content (AvgIpc) is 2.85. The topological polar surface area (TPSA) is 29.5 Å². The molecule has 0 unspecified atom stereocenters. The van der Waals surface area contributed by atoms with Crippen LogP contribution < -0.4 is 0 Å². The first kappa shape index (κ1) is 25.0. The molecule has 174 valence electrons.